The summed E-state index contributed by atoms with van der Waals surface area (Å²) in [5.74, 6) is -3.37. The van der Waals surface area contributed by atoms with Gasteiger partial charge in [0.15, 0.2) is 12.6 Å². The maximum absolute atomic E-state index is 14.3. The number of likely N-dealkylation sites (N-methyl/N-ethyl adjacent to an activating group) is 1. The average molecular weight is 785 g/mol. The molecule has 0 radical (unpaired) electrons. The van der Waals surface area contributed by atoms with Crippen molar-refractivity contribution in [1.29, 1.82) is 0 Å². The summed E-state index contributed by atoms with van der Waals surface area (Å²) in [6, 6.07) is 3.05. The molecule has 3 aliphatic rings. The number of nitrogens with zero attached hydrogens (tertiary/aromatic N) is 2. The Labute approximate surface area is 328 Å². The van der Waals surface area contributed by atoms with E-state index in [1.54, 1.807) is 34.6 Å². The van der Waals surface area contributed by atoms with Crippen LogP contribution in [0.5, 0.6) is 0 Å². The molecular weight excluding hydrogens is 712 g/mol. The average Bonchev–Trinajstić information content (AvgIpc) is 3.64. The van der Waals surface area contributed by atoms with E-state index in [9.17, 15) is 30.3 Å². The maximum atomic E-state index is 14.3. The topological polar surface area (TPSA) is 182 Å². The molecule has 1 aromatic heterocycles. The van der Waals surface area contributed by atoms with Crippen molar-refractivity contribution in [1.82, 2.24) is 9.47 Å². The van der Waals surface area contributed by atoms with Gasteiger partial charge in [0.2, 0.25) is 0 Å². The number of methoxy groups -OCH3 is 1. The monoisotopic (exact) mass is 785 g/mol. The molecule has 5 N–H and O–H groups in total. The number of esters is 1. The SMILES string of the molecule is CC[C@H]1OC(=O)[C@H](C)[C@@H](O[C@H]2C[C@@](C)(OC)[C@@H](O)[C@H](C)O2)[C@H](C)[C@@H](O[C@@H]2O[C@H](C)C[C@H](N(C)C)[C@H]2O)[C@](C)(O)C[C@@H](C)[C@@H](n2cccc2)[C@H](C)[C@@H](O)[C@]1(C)O. The van der Waals surface area contributed by atoms with Crippen molar-refractivity contribution in [2.24, 2.45) is 23.7 Å². The highest BCUT2D eigenvalue weighted by Crippen LogP contribution is 2.43. The molecule has 4 rings (SSSR count). The van der Waals surface area contributed by atoms with E-state index in [1.807, 2.05) is 75.8 Å². The van der Waals surface area contributed by atoms with Crippen molar-refractivity contribution < 1.29 is 58.7 Å². The minimum Gasteiger partial charge on any atom is -0.459 e. The molecule has 4 heterocycles. The third-order valence-corrected chi connectivity index (χ3v) is 13.0. The molecule has 3 aliphatic heterocycles. The molecule has 318 valence electrons. The zero-order valence-electron chi connectivity index (χ0n) is 35.4. The van der Waals surface area contributed by atoms with Crippen LogP contribution in [-0.2, 0) is 33.2 Å². The van der Waals surface area contributed by atoms with Gasteiger partial charge in [-0.25, -0.2) is 0 Å². The number of aromatic nitrogens is 1. The third kappa shape index (κ3) is 9.79. The van der Waals surface area contributed by atoms with E-state index >= 15 is 0 Å². The van der Waals surface area contributed by atoms with E-state index in [4.69, 9.17) is 28.4 Å². The van der Waals surface area contributed by atoms with Crippen molar-refractivity contribution in [3.8, 4) is 0 Å². The number of aliphatic hydroxyl groups is 5. The number of rotatable bonds is 8. The molecule has 0 aliphatic carbocycles. The molecule has 14 heteroatoms. The lowest BCUT2D eigenvalue weighted by molar-refractivity contribution is -0.318. The van der Waals surface area contributed by atoms with Gasteiger partial charge in [-0.1, -0.05) is 27.7 Å². The summed E-state index contributed by atoms with van der Waals surface area (Å²) < 4.78 is 39.8. The van der Waals surface area contributed by atoms with Crippen molar-refractivity contribution in [3.63, 3.8) is 0 Å². The van der Waals surface area contributed by atoms with E-state index < -0.39 is 102 Å². The van der Waals surface area contributed by atoms with Crippen molar-refractivity contribution in [3.05, 3.63) is 24.5 Å². The largest absolute Gasteiger partial charge is 0.459 e. The maximum Gasteiger partial charge on any atom is 0.311 e. The van der Waals surface area contributed by atoms with Gasteiger partial charge in [0, 0.05) is 49.8 Å². The normalized spacial score (nSPS) is 48.3. The van der Waals surface area contributed by atoms with Crippen LogP contribution in [0.15, 0.2) is 24.5 Å². The van der Waals surface area contributed by atoms with Gasteiger partial charge in [-0.05, 0) is 93.0 Å². The molecule has 0 unspecified atom stereocenters. The first-order chi connectivity index (χ1) is 25.5. The van der Waals surface area contributed by atoms with Gasteiger partial charge in [-0.2, -0.15) is 0 Å². The Hall–Kier alpha value is -1.69. The molecule has 0 bridgehead atoms. The Morgan fingerprint density at radius 2 is 1.53 bits per heavy atom. The predicted octanol–water partition coefficient (Wildman–Crippen LogP) is 3.26. The van der Waals surface area contributed by atoms with Gasteiger partial charge in [0.25, 0.3) is 0 Å². The Morgan fingerprint density at radius 3 is 2.09 bits per heavy atom. The van der Waals surface area contributed by atoms with Gasteiger partial charge in [0.1, 0.15) is 23.9 Å². The van der Waals surface area contributed by atoms with Crippen LogP contribution in [0.4, 0.5) is 0 Å². The summed E-state index contributed by atoms with van der Waals surface area (Å²) in [5.41, 5.74) is -4.52. The lowest BCUT2D eigenvalue weighted by Crippen LogP contribution is -2.61. The number of ether oxygens (including phenoxy) is 6. The van der Waals surface area contributed by atoms with E-state index in [0.29, 0.717) is 6.42 Å². The molecule has 0 spiro atoms. The van der Waals surface area contributed by atoms with E-state index in [2.05, 4.69) is 0 Å². The second-order valence-electron chi connectivity index (χ2n) is 17.8. The summed E-state index contributed by atoms with van der Waals surface area (Å²) in [4.78, 5) is 16.3. The van der Waals surface area contributed by atoms with E-state index in [1.165, 1.54) is 14.0 Å². The molecule has 3 fully saturated rings. The van der Waals surface area contributed by atoms with E-state index in [-0.39, 0.29) is 37.3 Å². The first-order valence-corrected chi connectivity index (χ1v) is 20.2. The molecule has 55 heavy (non-hydrogen) atoms. The molecule has 19 atom stereocenters. The third-order valence-electron chi connectivity index (χ3n) is 13.0. The number of hydrogen-bond acceptors (Lipinski definition) is 13. The van der Waals surface area contributed by atoms with Crippen LogP contribution in [0, 0.1) is 23.7 Å². The molecule has 3 saturated heterocycles. The Balaban J connectivity index is 1.88. The second-order valence-corrected chi connectivity index (χ2v) is 17.8. The molecular formula is C41H72N2O12. The number of aliphatic hydroxyl groups excluding tert-OH is 3. The van der Waals surface area contributed by atoms with Crippen LogP contribution in [0.1, 0.15) is 101 Å². The smallest absolute Gasteiger partial charge is 0.311 e. The van der Waals surface area contributed by atoms with Crippen LogP contribution in [0.2, 0.25) is 0 Å². The fourth-order valence-corrected chi connectivity index (χ4v) is 9.70. The molecule has 0 amide bonds. The van der Waals surface area contributed by atoms with Gasteiger partial charge < -0.3 is 63.4 Å². The highest BCUT2D eigenvalue weighted by molar-refractivity contribution is 5.73. The first kappa shape index (κ1) is 46.0. The van der Waals surface area contributed by atoms with Crippen LogP contribution in [0.25, 0.3) is 0 Å². The number of cyclic esters (lactones) is 1. The summed E-state index contributed by atoms with van der Waals surface area (Å²) in [6.07, 6.45) is -4.77. The zero-order valence-corrected chi connectivity index (χ0v) is 35.4. The minimum absolute atomic E-state index is 0.125. The summed E-state index contributed by atoms with van der Waals surface area (Å²) in [7, 11) is 5.28. The lowest BCUT2D eigenvalue weighted by Gasteiger charge is -2.49. The summed E-state index contributed by atoms with van der Waals surface area (Å²) in [5, 5.41) is 59.4. The Morgan fingerprint density at radius 1 is 0.909 bits per heavy atom. The minimum atomic E-state index is -1.85. The number of carbonyl (C=O) groups excluding carboxylic acids is 1. The molecule has 14 nitrogen and oxygen atoms in total. The summed E-state index contributed by atoms with van der Waals surface area (Å²) in [6.45, 7) is 17.7. The van der Waals surface area contributed by atoms with E-state index in [0.717, 1.165) is 0 Å². The van der Waals surface area contributed by atoms with Crippen LogP contribution in [-0.4, -0.2) is 146 Å². The standard InChI is InChI=1S/C41H72N2O12/c1-14-29-41(10,49)34(45)24(4)31(43-17-15-16-18-43)22(2)20-39(8,48)36(55-38-32(44)28(42(11)12)19-23(3)51-38)25(5)33(26(6)37(47)53-29)54-30-21-40(9,50-13)35(46)27(7)52-30/h15-18,22-36,38,44-46,48-49H,14,19-21H2,1-13H3/t22-,23-,24+,25+,26-,27+,28+,29-,30+,31-,32-,33+,34-,35+,36-,38+,39-,40-,41-/m1/s1. The highest BCUT2D eigenvalue weighted by atomic mass is 16.7. The van der Waals surface area contributed by atoms with Crippen molar-refractivity contribution >= 4 is 5.97 Å². The molecule has 1 aromatic rings. The fourth-order valence-electron chi connectivity index (χ4n) is 9.70. The number of hydrogen-bond donors (Lipinski definition) is 5. The van der Waals surface area contributed by atoms with Gasteiger partial charge in [-0.3, -0.25) is 4.79 Å². The Kier molecular flexibility index (Phi) is 15.1. The van der Waals surface area contributed by atoms with Crippen molar-refractivity contribution in [2.45, 2.75) is 185 Å². The van der Waals surface area contributed by atoms with Gasteiger partial charge in [-0.15, -0.1) is 0 Å². The number of carbonyl (C=O) groups is 1. The van der Waals surface area contributed by atoms with Crippen LogP contribution < -0.4 is 0 Å². The Bertz CT molecular complexity index is 1360. The highest BCUT2D eigenvalue weighted by Gasteiger charge is 2.53. The quantitative estimate of drug-likeness (QED) is 0.243. The molecule has 0 saturated carbocycles. The second kappa shape index (κ2) is 18.1. The first-order valence-electron chi connectivity index (χ1n) is 20.2. The fraction of sp³-hybridized carbons (Fsp3) is 0.878. The zero-order chi connectivity index (χ0) is 41.4. The van der Waals surface area contributed by atoms with Crippen molar-refractivity contribution in [2.75, 3.05) is 21.2 Å². The van der Waals surface area contributed by atoms with Crippen LogP contribution in [0.3, 0.4) is 0 Å². The van der Waals surface area contributed by atoms with Gasteiger partial charge >= 0.3 is 5.97 Å². The van der Waals surface area contributed by atoms with Gasteiger partial charge in [0.05, 0.1) is 47.6 Å². The molecule has 0 aromatic carbocycles. The lowest BCUT2D eigenvalue weighted by atomic mass is 9.72. The summed E-state index contributed by atoms with van der Waals surface area (Å²) >= 11 is 0. The predicted molar refractivity (Wildman–Crippen MR) is 205 cm³/mol. The van der Waals surface area contributed by atoms with Crippen LogP contribution >= 0.6 is 0 Å².